The molecule has 0 aliphatic heterocycles. The average Bonchev–Trinajstić information content (AvgIpc) is 3.00. The van der Waals surface area contributed by atoms with Gasteiger partial charge in [0.15, 0.2) is 0 Å². The number of rotatable bonds is 36. The first-order valence-corrected chi connectivity index (χ1v) is 14.9. The third-order valence-electron chi connectivity index (χ3n) is 5.21. The van der Waals surface area contributed by atoms with E-state index < -0.39 is 0 Å². The minimum absolute atomic E-state index is 0.0324. The van der Waals surface area contributed by atoms with Gasteiger partial charge < -0.3 is 69.5 Å². The lowest BCUT2D eigenvalue weighted by atomic mass is 10.3. The van der Waals surface area contributed by atoms with Crippen LogP contribution in [0.25, 0.3) is 0 Å². The Morgan fingerprint density at radius 1 is 0.357 bits per heavy atom. The van der Waals surface area contributed by atoms with Gasteiger partial charge in [-0.2, -0.15) is 0 Å². The van der Waals surface area contributed by atoms with E-state index in [0.717, 1.165) is 0 Å². The fourth-order valence-electron chi connectivity index (χ4n) is 3.12. The van der Waals surface area contributed by atoms with Gasteiger partial charge in [-0.1, -0.05) is 0 Å². The van der Waals surface area contributed by atoms with E-state index >= 15 is 0 Å². The average molecular weight is 615 g/mol. The number of hydrogen-bond acceptors (Lipinski definition) is 14. The number of hydrogen-bond donors (Lipinski definition) is 3. The molecule has 252 valence electrons. The third kappa shape index (κ3) is 31.9. The molecule has 0 rings (SSSR count). The number of amides is 1. The Kier molecular flexibility index (Phi) is 35.2. The van der Waals surface area contributed by atoms with Crippen molar-refractivity contribution < 1.29 is 52.2 Å². The van der Waals surface area contributed by atoms with E-state index in [2.05, 4.69) is 0 Å². The number of carbonyl (C=O) groups excluding carboxylic acids is 1. The molecular formula is C27H58N4O11. The minimum Gasteiger partial charge on any atom is -0.379 e. The quantitative estimate of drug-likeness (QED) is 0.0673. The molecule has 0 radical (unpaired) electrons. The van der Waals surface area contributed by atoms with Crippen molar-refractivity contribution in [1.29, 1.82) is 0 Å². The van der Waals surface area contributed by atoms with Crippen LogP contribution in [0.5, 0.6) is 0 Å². The second-order valence-electron chi connectivity index (χ2n) is 8.62. The maximum atomic E-state index is 12.8. The van der Waals surface area contributed by atoms with E-state index in [4.69, 9.17) is 64.6 Å². The van der Waals surface area contributed by atoms with Gasteiger partial charge in [0.05, 0.1) is 139 Å². The molecule has 15 nitrogen and oxygen atoms in total. The van der Waals surface area contributed by atoms with Crippen molar-refractivity contribution in [3.05, 3.63) is 0 Å². The molecule has 1 amide bonds. The number of ether oxygens (including phenoxy) is 10. The topological polar surface area (TPSA) is 191 Å². The van der Waals surface area contributed by atoms with Crippen molar-refractivity contribution in [2.45, 2.75) is 6.42 Å². The summed E-state index contributed by atoms with van der Waals surface area (Å²) in [5.41, 5.74) is 16.1. The van der Waals surface area contributed by atoms with Crippen molar-refractivity contribution in [2.24, 2.45) is 17.2 Å². The molecule has 0 saturated carbocycles. The largest absolute Gasteiger partial charge is 0.379 e. The lowest BCUT2D eigenvalue weighted by molar-refractivity contribution is -0.134. The zero-order chi connectivity index (χ0) is 30.6. The van der Waals surface area contributed by atoms with Gasteiger partial charge in [0.2, 0.25) is 5.91 Å². The smallest absolute Gasteiger partial charge is 0.225 e. The predicted octanol–water partition coefficient (Wildman–Crippen LogP) is -1.75. The molecule has 0 spiro atoms. The van der Waals surface area contributed by atoms with Crippen LogP contribution in [0.2, 0.25) is 0 Å². The molecule has 0 aromatic rings. The summed E-state index contributed by atoms with van der Waals surface area (Å²) in [6.07, 6.45) is 0.254. The summed E-state index contributed by atoms with van der Waals surface area (Å²) in [4.78, 5) is 14.5. The van der Waals surface area contributed by atoms with Crippen LogP contribution in [0.4, 0.5) is 0 Å². The van der Waals surface area contributed by atoms with Crippen LogP contribution in [-0.2, 0) is 52.2 Å². The Morgan fingerprint density at radius 3 is 0.881 bits per heavy atom. The van der Waals surface area contributed by atoms with Crippen LogP contribution in [0, 0.1) is 0 Å². The summed E-state index contributed by atoms with van der Waals surface area (Å²) >= 11 is 0. The van der Waals surface area contributed by atoms with Gasteiger partial charge in [0.1, 0.15) is 0 Å². The van der Waals surface area contributed by atoms with Crippen LogP contribution in [-0.4, -0.2) is 176 Å². The van der Waals surface area contributed by atoms with E-state index in [1.54, 1.807) is 4.90 Å². The molecule has 6 N–H and O–H groups in total. The Balaban J connectivity index is 4.03. The van der Waals surface area contributed by atoms with E-state index in [9.17, 15) is 4.79 Å². The second-order valence-corrected chi connectivity index (χ2v) is 8.62. The normalized spacial score (nSPS) is 11.4. The van der Waals surface area contributed by atoms with Gasteiger partial charge in [-0.25, -0.2) is 0 Å². The summed E-state index contributed by atoms with van der Waals surface area (Å²) < 4.78 is 54.3. The molecule has 0 saturated heterocycles. The van der Waals surface area contributed by atoms with E-state index in [1.165, 1.54) is 0 Å². The lowest BCUT2D eigenvalue weighted by Gasteiger charge is -2.23. The van der Waals surface area contributed by atoms with Crippen molar-refractivity contribution >= 4 is 5.91 Å². The monoisotopic (exact) mass is 614 g/mol. The highest BCUT2D eigenvalue weighted by Crippen LogP contribution is 1.98. The molecule has 0 aliphatic rings. The van der Waals surface area contributed by atoms with Crippen LogP contribution >= 0.6 is 0 Å². The molecule has 42 heavy (non-hydrogen) atoms. The van der Waals surface area contributed by atoms with Crippen molar-refractivity contribution in [1.82, 2.24) is 4.90 Å². The van der Waals surface area contributed by atoms with Gasteiger partial charge in [-0.15, -0.1) is 0 Å². The predicted molar refractivity (Wildman–Crippen MR) is 157 cm³/mol. The SMILES string of the molecule is NCCOCCOCCOCCOCCC(=O)N(CCOCCOCCOCCN)CCOCCOCCOCCN. The lowest BCUT2D eigenvalue weighted by Crippen LogP contribution is -2.37. The summed E-state index contributed by atoms with van der Waals surface area (Å²) in [5, 5.41) is 0. The third-order valence-corrected chi connectivity index (χ3v) is 5.21. The zero-order valence-electron chi connectivity index (χ0n) is 25.6. The van der Waals surface area contributed by atoms with Crippen LogP contribution < -0.4 is 17.2 Å². The molecule has 0 unspecified atom stereocenters. The van der Waals surface area contributed by atoms with E-state index in [-0.39, 0.29) is 12.3 Å². The van der Waals surface area contributed by atoms with Crippen molar-refractivity contribution in [3.8, 4) is 0 Å². The molecule has 0 aliphatic carbocycles. The maximum absolute atomic E-state index is 12.8. The summed E-state index contributed by atoms with van der Waals surface area (Å²) in [7, 11) is 0. The summed E-state index contributed by atoms with van der Waals surface area (Å²) in [5.74, 6) is -0.0324. The molecule has 0 fully saturated rings. The van der Waals surface area contributed by atoms with Crippen LogP contribution in [0.1, 0.15) is 6.42 Å². The van der Waals surface area contributed by atoms with Gasteiger partial charge in [-0.05, 0) is 0 Å². The standard InChI is InChI=1S/C27H58N4O11/c28-2-8-34-14-20-40-23-17-37-11-5-31(6-12-38-18-24-41-21-15-35-9-3-29)27(32)1-7-33-13-19-39-25-26-42-22-16-36-10-4-30/h1-26,28-30H2. The Morgan fingerprint density at radius 2 is 0.595 bits per heavy atom. The van der Waals surface area contributed by atoms with E-state index in [1.807, 2.05) is 0 Å². The summed E-state index contributed by atoms with van der Waals surface area (Å²) in [6.45, 7) is 11.5. The first-order valence-electron chi connectivity index (χ1n) is 14.9. The second kappa shape index (κ2) is 36.1. The highest BCUT2D eigenvalue weighted by molar-refractivity contribution is 5.76. The first kappa shape index (κ1) is 41.0. The fourth-order valence-corrected chi connectivity index (χ4v) is 3.12. The zero-order valence-corrected chi connectivity index (χ0v) is 25.6. The molecule has 0 aromatic heterocycles. The molecule has 0 heterocycles. The number of nitrogens with two attached hydrogens (primary N) is 3. The number of nitrogens with zero attached hydrogens (tertiary/aromatic N) is 1. The van der Waals surface area contributed by atoms with E-state index in [0.29, 0.717) is 165 Å². The molecule has 15 heteroatoms. The molecular weight excluding hydrogens is 556 g/mol. The van der Waals surface area contributed by atoms with Gasteiger partial charge in [0.25, 0.3) is 0 Å². The summed E-state index contributed by atoms with van der Waals surface area (Å²) in [6, 6.07) is 0. The molecule has 0 bridgehead atoms. The highest BCUT2D eigenvalue weighted by atomic mass is 16.6. The number of carbonyl (C=O) groups is 1. The highest BCUT2D eigenvalue weighted by Gasteiger charge is 2.13. The van der Waals surface area contributed by atoms with Crippen LogP contribution in [0.15, 0.2) is 0 Å². The Bertz CT molecular complexity index is 518. The fraction of sp³-hybridized carbons (Fsp3) is 0.963. The minimum atomic E-state index is -0.0324. The molecule has 0 aromatic carbocycles. The van der Waals surface area contributed by atoms with Gasteiger partial charge in [0, 0.05) is 32.7 Å². The molecule has 0 atom stereocenters. The van der Waals surface area contributed by atoms with Crippen molar-refractivity contribution in [3.63, 3.8) is 0 Å². The Hall–Kier alpha value is -1.05. The maximum Gasteiger partial charge on any atom is 0.225 e. The Labute approximate surface area is 251 Å². The van der Waals surface area contributed by atoms with Gasteiger partial charge >= 0.3 is 0 Å². The first-order chi connectivity index (χ1) is 20.8. The van der Waals surface area contributed by atoms with Crippen LogP contribution in [0.3, 0.4) is 0 Å². The van der Waals surface area contributed by atoms with Gasteiger partial charge in [-0.3, -0.25) is 4.79 Å². The van der Waals surface area contributed by atoms with Crippen molar-refractivity contribution in [2.75, 3.05) is 165 Å².